The van der Waals surface area contributed by atoms with E-state index in [4.69, 9.17) is 4.98 Å². The largest absolute Gasteiger partial charge is 0.309 e. The molecule has 3 aliphatic rings. The Labute approximate surface area is 227 Å². The molecule has 2 aliphatic carbocycles. The van der Waals surface area contributed by atoms with Gasteiger partial charge < -0.3 is 4.90 Å². The average molecular weight is 541 g/mol. The highest BCUT2D eigenvalue weighted by Gasteiger charge is 2.55. The Morgan fingerprint density at radius 1 is 1.08 bits per heavy atom. The van der Waals surface area contributed by atoms with E-state index in [2.05, 4.69) is 62.3 Å². The molecule has 5 rings (SSSR count). The van der Waals surface area contributed by atoms with Crippen LogP contribution in [0.4, 0.5) is 11.5 Å². The van der Waals surface area contributed by atoms with E-state index in [9.17, 15) is 13.0 Å². The molecule has 2 heterocycles. The highest BCUT2D eigenvalue weighted by atomic mass is 32.2. The Hall–Kier alpha value is -2.17. The van der Waals surface area contributed by atoms with E-state index < -0.39 is 15.9 Å². The van der Waals surface area contributed by atoms with Gasteiger partial charge in [-0.15, -0.1) is 10.0 Å². The molecule has 38 heavy (non-hydrogen) atoms. The van der Waals surface area contributed by atoms with Crippen LogP contribution in [0.15, 0.2) is 17.8 Å². The van der Waals surface area contributed by atoms with Crippen LogP contribution in [0, 0.1) is 33.6 Å². The zero-order valence-electron chi connectivity index (χ0n) is 23.6. The number of hydrogen-bond acceptors (Lipinski definition) is 6. The second-order valence-electron chi connectivity index (χ2n) is 11.9. The number of fused-ring (bicyclic) bond motifs is 2. The average Bonchev–Trinajstić information content (AvgIpc) is 3.60. The van der Waals surface area contributed by atoms with Crippen molar-refractivity contribution in [3.8, 4) is 0 Å². The van der Waals surface area contributed by atoms with Crippen LogP contribution in [0.1, 0.15) is 78.7 Å². The number of allylic oxidation sites excluding steroid dienone is 2. The number of aryl methyl sites for hydroxylation is 4. The van der Waals surface area contributed by atoms with Gasteiger partial charge in [0.15, 0.2) is 5.69 Å². The molecule has 2 N–H and O–H groups in total. The Balaban J connectivity index is 1.82. The lowest BCUT2D eigenvalue weighted by Crippen LogP contribution is -2.59. The minimum atomic E-state index is -4.27. The minimum Gasteiger partial charge on any atom is -0.309 e. The van der Waals surface area contributed by atoms with Crippen molar-refractivity contribution in [1.82, 2.24) is 24.9 Å². The molecule has 1 saturated carbocycles. The molecule has 1 fully saturated rings. The third-order valence-electron chi connectivity index (χ3n) is 8.27. The maximum absolute atomic E-state index is 12.1. The molecule has 1 aromatic carbocycles. The lowest BCUT2D eigenvalue weighted by atomic mass is 9.92. The maximum atomic E-state index is 12.1. The van der Waals surface area contributed by atoms with E-state index in [0.717, 1.165) is 55.6 Å². The first-order chi connectivity index (χ1) is 17.9. The summed E-state index contributed by atoms with van der Waals surface area (Å²) in [4.78, 5) is 11.9. The van der Waals surface area contributed by atoms with Gasteiger partial charge in [-0.1, -0.05) is 17.7 Å². The predicted molar refractivity (Wildman–Crippen MR) is 152 cm³/mol. The van der Waals surface area contributed by atoms with Gasteiger partial charge in [0.05, 0.1) is 17.3 Å². The molecule has 1 aromatic heterocycles. The summed E-state index contributed by atoms with van der Waals surface area (Å²) in [5.74, 6) is 1.43. The molecule has 0 amide bonds. The Bertz CT molecular complexity index is 1370. The van der Waals surface area contributed by atoms with Crippen LogP contribution in [-0.2, 0) is 15.9 Å². The molecule has 2 aromatic rings. The quantitative estimate of drug-likeness (QED) is 0.330. The van der Waals surface area contributed by atoms with E-state index in [0.29, 0.717) is 22.0 Å². The standard InChI is InChI=1S/C29H41N5O3S/c1-18-15-19(2)28(20(3)16-18)34(32-24(22-11-12-22)13-14-33(5)6)26-10-8-7-9-23(26)27-25(17-38(35,36)37)30-21(4)31-29(27)34/h15-16,22,24,32H,7-14,17H2,1-6H3/p+1. The summed E-state index contributed by atoms with van der Waals surface area (Å²) in [6, 6.07) is 4.76. The number of rotatable bonds is 9. The van der Waals surface area contributed by atoms with Crippen molar-refractivity contribution in [2.24, 2.45) is 5.92 Å². The first-order valence-corrected chi connectivity index (χ1v) is 15.5. The van der Waals surface area contributed by atoms with Gasteiger partial charge in [-0.2, -0.15) is 13.4 Å². The van der Waals surface area contributed by atoms with Gasteiger partial charge in [0.1, 0.15) is 17.3 Å². The second kappa shape index (κ2) is 10.1. The van der Waals surface area contributed by atoms with Crippen LogP contribution in [0.3, 0.4) is 0 Å². The van der Waals surface area contributed by atoms with Crippen molar-refractivity contribution in [2.45, 2.75) is 84.4 Å². The third-order valence-corrected chi connectivity index (χ3v) is 8.91. The summed E-state index contributed by atoms with van der Waals surface area (Å²) in [6.07, 6.45) is 7.31. The van der Waals surface area contributed by atoms with Crippen molar-refractivity contribution in [2.75, 3.05) is 20.6 Å². The zero-order chi connectivity index (χ0) is 27.4. The van der Waals surface area contributed by atoms with Gasteiger partial charge in [0.25, 0.3) is 15.9 Å². The first-order valence-electron chi connectivity index (χ1n) is 13.9. The van der Waals surface area contributed by atoms with Gasteiger partial charge in [-0.3, -0.25) is 4.55 Å². The lowest BCUT2D eigenvalue weighted by molar-refractivity contribution is 0.233. The highest BCUT2D eigenvalue weighted by molar-refractivity contribution is 7.85. The number of aromatic nitrogens is 2. The number of benzene rings is 1. The molecular weight excluding hydrogens is 498 g/mol. The number of nitrogens with zero attached hydrogens (tertiary/aromatic N) is 4. The van der Waals surface area contributed by atoms with Crippen molar-refractivity contribution in [1.29, 1.82) is 0 Å². The fourth-order valence-corrected chi connectivity index (χ4v) is 7.35. The van der Waals surface area contributed by atoms with Crippen molar-refractivity contribution < 1.29 is 13.0 Å². The number of nitrogens with one attached hydrogen (secondary N) is 1. The maximum Gasteiger partial charge on any atom is 0.270 e. The number of quaternary nitrogens is 1. The fourth-order valence-electron chi connectivity index (χ4n) is 6.80. The van der Waals surface area contributed by atoms with E-state index in [1.54, 1.807) is 0 Å². The molecule has 0 spiro atoms. The van der Waals surface area contributed by atoms with E-state index >= 15 is 0 Å². The summed E-state index contributed by atoms with van der Waals surface area (Å²) < 4.78 is 34.5. The topological polar surface area (TPSA) is 95.4 Å². The van der Waals surface area contributed by atoms with Gasteiger partial charge in [0.2, 0.25) is 0 Å². The van der Waals surface area contributed by atoms with Gasteiger partial charge in [0, 0.05) is 23.1 Å². The molecular formula is C29H42N5O3S+. The van der Waals surface area contributed by atoms with Crippen LogP contribution in [-0.4, -0.2) is 54.5 Å². The van der Waals surface area contributed by atoms with Crippen molar-refractivity contribution in [3.63, 3.8) is 0 Å². The Morgan fingerprint density at radius 3 is 2.34 bits per heavy atom. The zero-order valence-corrected chi connectivity index (χ0v) is 24.5. The number of hydrogen-bond donors (Lipinski definition) is 2. The van der Waals surface area contributed by atoms with E-state index in [1.165, 1.54) is 40.9 Å². The lowest BCUT2D eigenvalue weighted by Gasteiger charge is -2.40. The van der Waals surface area contributed by atoms with Crippen LogP contribution < -0.4 is 10.0 Å². The summed E-state index contributed by atoms with van der Waals surface area (Å²) in [5, 5.41) is 0. The summed E-state index contributed by atoms with van der Waals surface area (Å²) in [5.41, 5.74) is 12.6. The normalized spacial score (nSPS) is 22.1. The molecule has 0 saturated heterocycles. The molecule has 2 atom stereocenters. The third kappa shape index (κ3) is 5.07. The van der Waals surface area contributed by atoms with Gasteiger partial charge in [-0.25, -0.2) is 4.98 Å². The molecule has 1 aliphatic heterocycles. The van der Waals surface area contributed by atoms with Crippen LogP contribution in [0.25, 0.3) is 5.57 Å². The Kier molecular flexibility index (Phi) is 7.28. The second-order valence-corrected chi connectivity index (χ2v) is 13.3. The van der Waals surface area contributed by atoms with Crippen LogP contribution in [0.5, 0.6) is 0 Å². The van der Waals surface area contributed by atoms with Crippen molar-refractivity contribution in [3.05, 3.63) is 51.6 Å². The molecule has 9 heteroatoms. The molecule has 2 unspecified atom stereocenters. The smallest absolute Gasteiger partial charge is 0.270 e. The SMILES string of the molecule is Cc1cc(C)c([N+]2(NC(CCN(C)C)C3CC3)C3=C(CCCC3)c3c(CS(=O)(=O)O)nc(C)nc32)c(C)c1. The van der Waals surface area contributed by atoms with Crippen LogP contribution in [0.2, 0.25) is 0 Å². The van der Waals surface area contributed by atoms with E-state index in [1.807, 2.05) is 6.92 Å². The molecule has 0 bridgehead atoms. The highest BCUT2D eigenvalue weighted by Crippen LogP contribution is 2.56. The van der Waals surface area contributed by atoms with Gasteiger partial charge >= 0.3 is 0 Å². The minimum absolute atomic E-state index is 0.277. The van der Waals surface area contributed by atoms with Gasteiger partial charge in [-0.05, 0) is 92.8 Å². The monoisotopic (exact) mass is 540 g/mol. The van der Waals surface area contributed by atoms with Crippen LogP contribution >= 0.6 is 0 Å². The fraction of sp³-hybridized carbons (Fsp3) is 0.586. The Morgan fingerprint density at radius 2 is 1.74 bits per heavy atom. The van der Waals surface area contributed by atoms with Crippen molar-refractivity contribution >= 4 is 27.2 Å². The first kappa shape index (κ1) is 27.4. The van der Waals surface area contributed by atoms with E-state index in [-0.39, 0.29) is 6.04 Å². The molecule has 0 radical (unpaired) electrons. The summed E-state index contributed by atoms with van der Waals surface area (Å²) in [6.45, 7) is 9.29. The molecule has 8 nitrogen and oxygen atoms in total. The molecule has 206 valence electrons. The predicted octanol–water partition coefficient (Wildman–Crippen LogP) is 5.27. The summed E-state index contributed by atoms with van der Waals surface area (Å²) >= 11 is 0. The summed E-state index contributed by atoms with van der Waals surface area (Å²) in [7, 11) is -0.0301.